The van der Waals surface area contributed by atoms with E-state index in [1.807, 2.05) is 0 Å². The van der Waals surface area contributed by atoms with Gasteiger partial charge in [0.05, 0.1) is 12.1 Å². The quantitative estimate of drug-likeness (QED) is 0.798. The smallest absolute Gasteiger partial charge is 0.191 e. The highest BCUT2D eigenvalue weighted by molar-refractivity contribution is 5.81. The van der Waals surface area contributed by atoms with E-state index in [-0.39, 0.29) is 5.54 Å². The second-order valence-electron chi connectivity index (χ2n) is 5.52. The van der Waals surface area contributed by atoms with E-state index in [4.69, 9.17) is 5.73 Å². The Morgan fingerprint density at radius 1 is 1.38 bits per heavy atom. The zero-order chi connectivity index (χ0) is 11.6. The third-order valence-corrected chi connectivity index (χ3v) is 4.39. The fourth-order valence-corrected chi connectivity index (χ4v) is 3.34. The van der Waals surface area contributed by atoms with Gasteiger partial charge in [0.1, 0.15) is 0 Å². The van der Waals surface area contributed by atoms with E-state index in [9.17, 15) is 0 Å². The van der Waals surface area contributed by atoms with Crippen molar-refractivity contribution in [3.8, 4) is 0 Å². The fourth-order valence-electron chi connectivity index (χ4n) is 3.34. The van der Waals surface area contributed by atoms with Gasteiger partial charge in [0.15, 0.2) is 5.96 Å². The minimum atomic E-state index is 0.209. The molecule has 92 valence electrons. The lowest BCUT2D eigenvalue weighted by atomic mass is 9.75. The summed E-state index contributed by atoms with van der Waals surface area (Å²) in [4.78, 5) is 6.85. The van der Waals surface area contributed by atoms with Crippen molar-refractivity contribution < 1.29 is 0 Å². The first-order valence-corrected chi connectivity index (χ1v) is 6.76. The number of guanidine groups is 1. The molecule has 1 heterocycles. The first-order valence-electron chi connectivity index (χ1n) is 6.76. The van der Waals surface area contributed by atoms with Gasteiger partial charge in [0.25, 0.3) is 0 Å². The molecule has 1 saturated carbocycles. The van der Waals surface area contributed by atoms with E-state index in [0.717, 1.165) is 31.4 Å². The molecule has 1 aliphatic heterocycles. The number of rotatable bonds is 3. The maximum Gasteiger partial charge on any atom is 0.191 e. The number of aliphatic imine (C=N–C) groups is 1. The van der Waals surface area contributed by atoms with Crippen LogP contribution in [0.2, 0.25) is 0 Å². The molecule has 16 heavy (non-hydrogen) atoms. The highest BCUT2D eigenvalue weighted by Crippen LogP contribution is 2.38. The summed E-state index contributed by atoms with van der Waals surface area (Å²) in [6, 6.07) is 0. The van der Waals surface area contributed by atoms with E-state index in [2.05, 4.69) is 23.7 Å². The Bertz CT molecular complexity index is 268. The normalized spacial score (nSPS) is 31.9. The van der Waals surface area contributed by atoms with Gasteiger partial charge in [-0.15, -0.1) is 0 Å². The van der Waals surface area contributed by atoms with E-state index in [0.29, 0.717) is 0 Å². The Morgan fingerprint density at radius 3 is 2.69 bits per heavy atom. The third-order valence-electron chi connectivity index (χ3n) is 4.39. The molecule has 2 N–H and O–H groups in total. The third kappa shape index (κ3) is 1.92. The largest absolute Gasteiger partial charge is 0.370 e. The molecule has 2 aliphatic rings. The van der Waals surface area contributed by atoms with Crippen LogP contribution in [0.5, 0.6) is 0 Å². The molecule has 1 atom stereocenters. The van der Waals surface area contributed by atoms with Gasteiger partial charge in [-0.25, -0.2) is 0 Å². The summed E-state index contributed by atoms with van der Waals surface area (Å²) in [7, 11) is 0. The lowest BCUT2D eigenvalue weighted by molar-refractivity contribution is 0.107. The Balaban J connectivity index is 2.10. The predicted molar refractivity (Wildman–Crippen MR) is 68.5 cm³/mol. The molecule has 0 amide bonds. The molecule has 0 spiro atoms. The summed E-state index contributed by atoms with van der Waals surface area (Å²) in [5.41, 5.74) is 6.23. The summed E-state index contributed by atoms with van der Waals surface area (Å²) in [6.07, 6.45) is 8.06. The molecule has 1 fully saturated rings. The van der Waals surface area contributed by atoms with Crippen LogP contribution in [0.4, 0.5) is 0 Å². The summed E-state index contributed by atoms with van der Waals surface area (Å²) >= 11 is 0. The minimum Gasteiger partial charge on any atom is -0.370 e. The fraction of sp³-hybridized carbons (Fsp3) is 0.923. The molecule has 2 rings (SSSR count). The van der Waals surface area contributed by atoms with Crippen molar-refractivity contribution in [3.05, 3.63) is 0 Å². The molecule has 3 nitrogen and oxygen atoms in total. The average Bonchev–Trinajstić information content (AvgIpc) is 2.60. The van der Waals surface area contributed by atoms with Gasteiger partial charge in [-0.2, -0.15) is 0 Å². The van der Waals surface area contributed by atoms with Crippen LogP contribution in [-0.4, -0.2) is 29.5 Å². The molecule has 0 radical (unpaired) electrons. The minimum absolute atomic E-state index is 0.209. The summed E-state index contributed by atoms with van der Waals surface area (Å²) in [5.74, 6) is 1.56. The highest BCUT2D eigenvalue weighted by Gasteiger charge is 2.43. The van der Waals surface area contributed by atoms with Crippen molar-refractivity contribution >= 4 is 5.96 Å². The monoisotopic (exact) mass is 223 g/mol. The molecule has 0 aromatic rings. The van der Waals surface area contributed by atoms with E-state index >= 15 is 0 Å². The van der Waals surface area contributed by atoms with Crippen molar-refractivity contribution in [2.75, 3.05) is 13.1 Å². The Morgan fingerprint density at radius 2 is 2.06 bits per heavy atom. The topological polar surface area (TPSA) is 41.6 Å². The molecular weight excluding hydrogens is 198 g/mol. The predicted octanol–water partition coefficient (Wildman–Crippen LogP) is 2.37. The van der Waals surface area contributed by atoms with Gasteiger partial charge in [-0.3, -0.25) is 4.99 Å². The number of hydrogen-bond donors (Lipinski definition) is 1. The van der Waals surface area contributed by atoms with Crippen LogP contribution in [0.3, 0.4) is 0 Å². The van der Waals surface area contributed by atoms with Crippen LogP contribution in [0, 0.1) is 5.92 Å². The van der Waals surface area contributed by atoms with Crippen molar-refractivity contribution in [3.63, 3.8) is 0 Å². The standard InChI is InChI=1S/C13H25N3/c1-3-9-16-12(14)15-10-13(16,2)11-7-5-4-6-8-11/h11H,3-10H2,1-2H3,(H2,14,15). The first kappa shape index (κ1) is 11.7. The second-order valence-corrected chi connectivity index (χ2v) is 5.52. The zero-order valence-corrected chi connectivity index (χ0v) is 10.7. The van der Waals surface area contributed by atoms with Gasteiger partial charge in [-0.05, 0) is 32.1 Å². The van der Waals surface area contributed by atoms with Crippen LogP contribution in [0.15, 0.2) is 4.99 Å². The summed E-state index contributed by atoms with van der Waals surface area (Å²) in [6.45, 7) is 6.54. The number of hydrogen-bond acceptors (Lipinski definition) is 3. The molecular formula is C13H25N3. The highest BCUT2D eigenvalue weighted by atomic mass is 15.4. The Kier molecular flexibility index (Phi) is 3.41. The molecule has 1 aliphatic carbocycles. The van der Waals surface area contributed by atoms with Crippen LogP contribution in [-0.2, 0) is 0 Å². The van der Waals surface area contributed by atoms with Gasteiger partial charge in [0.2, 0.25) is 0 Å². The van der Waals surface area contributed by atoms with Crippen LogP contribution >= 0.6 is 0 Å². The maximum absolute atomic E-state index is 6.02. The zero-order valence-electron chi connectivity index (χ0n) is 10.7. The average molecular weight is 223 g/mol. The van der Waals surface area contributed by atoms with Crippen LogP contribution < -0.4 is 5.73 Å². The van der Waals surface area contributed by atoms with Crippen molar-refractivity contribution in [1.29, 1.82) is 0 Å². The Labute approximate surface area is 99.1 Å². The van der Waals surface area contributed by atoms with Crippen LogP contribution in [0.25, 0.3) is 0 Å². The molecule has 0 saturated heterocycles. The lowest BCUT2D eigenvalue weighted by Gasteiger charge is -2.44. The molecule has 1 unspecified atom stereocenters. The summed E-state index contributed by atoms with van der Waals surface area (Å²) < 4.78 is 0. The number of nitrogens with two attached hydrogens (primary N) is 1. The van der Waals surface area contributed by atoms with Crippen LogP contribution in [0.1, 0.15) is 52.4 Å². The van der Waals surface area contributed by atoms with E-state index < -0.39 is 0 Å². The molecule has 0 bridgehead atoms. The van der Waals surface area contributed by atoms with Crippen molar-refractivity contribution in [1.82, 2.24) is 4.90 Å². The molecule has 3 heteroatoms. The van der Waals surface area contributed by atoms with Gasteiger partial charge >= 0.3 is 0 Å². The summed E-state index contributed by atoms with van der Waals surface area (Å²) in [5, 5.41) is 0. The lowest BCUT2D eigenvalue weighted by Crippen LogP contribution is -2.54. The first-order chi connectivity index (χ1) is 7.68. The van der Waals surface area contributed by atoms with Gasteiger partial charge < -0.3 is 10.6 Å². The second kappa shape index (κ2) is 4.64. The SMILES string of the molecule is CCCN1C(N)=NCC1(C)C1CCCCC1. The molecule has 0 aromatic heterocycles. The van der Waals surface area contributed by atoms with E-state index in [1.165, 1.54) is 32.1 Å². The molecule has 0 aromatic carbocycles. The van der Waals surface area contributed by atoms with E-state index in [1.54, 1.807) is 0 Å². The number of nitrogens with zero attached hydrogens (tertiary/aromatic N) is 2. The Hall–Kier alpha value is -0.730. The van der Waals surface area contributed by atoms with Gasteiger partial charge in [0, 0.05) is 6.54 Å². The van der Waals surface area contributed by atoms with Gasteiger partial charge in [-0.1, -0.05) is 26.2 Å². The maximum atomic E-state index is 6.02. The van der Waals surface area contributed by atoms with Crippen molar-refractivity contribution in [2.24, 2.45) is 16.6 Å². The van der Waals surface area contributed by atoms with Crippen molar-refractivity contribution in [2.45, 2.75) is 57.9 Å².